The molecule has 1 fully saturated rings. The number of hydrogen-bond donors (Lipinski definition) is 2. The Kier molecular flexibility index (Phi) is 2.83. The molecule has 7 heteroatoms. The highest BCUT2D eigenvalue weighted by molar-refractivity contribution is 5.77. The molecule has 2 atom stereocenters. The Morgan fingerprint density at radius 1 is 1.47 bits per heavy atom. The third-order valence-corrected chi connectivity index (χ3v) is 3.46. The van der Waals surface area contributed by atoms with Gasteiger partial charge in [-0.15, -0.1) is 0 Å². The molecule has 1 aliphatic carbocycles. The van der Waals surface area contributed by atoms with E-state index in [1.165, 1.54) is 12.1 Å². The van der Waals surface area contributed by atoms with Crippen molar-refractivity contribution < 1.29 is 9.34 Å². The first-order valence-corrected chi connectivity index (χ1v) is 6.20. The minimum Gasteiger partial charge on any atom is -0.423 e. The van der Waals surface area contributed by atoms with Crippen LogP contribution in [0, 0.1) is 10.1 Å². The number of nitro benzene ring substituents is 1. The molecule has 0 radical (unpaired) electrons. The highest BCUT2D eigenvalue weighted by Crippen LogP contribution is 2.26. The van der Waals surface area contributed by atoms with Crippen molar-refractivity contribution in [2.24, 2.45) is 5.73 Å². The summed E-state index contributed by atoms with van der Waals surface area (Å²) < 4.78 is 5.49. The lowest BCUT2D eigenvalue weighted by atomic mass is 10.2. The smallest absolute Gasteiger partial charge is 0.295 e. The van der Waals surface area contributed by atoms with Crippen LogP contribution in [0.15, 0.2) is 22.6 Å². The first kappa shape index (κ1) is 11.9. The van der Waals surface area contributed by atoms with Crippen LogP contribution in [0.25, 0.3) is 11.1 Å². The number of fused-ring (bicyclic) bond motifs is 1. The van der Waals surface area contributed by atoms with E-state index in [1.807, 2.05) is 0 Å². The summed E-state index contributed by atoms with van der Waals surface area (Å²) in [6.07, 6.45) is 3.06. The third-order valence-electron chi connectivity index (χ3n) is 3.46. The lowest BCUT2D eigenvalue weighted by molar-refractivity contribution is -0.384. The minimum atomic E-state index is -0.456. The average Bonchev–Trinajstić information content (AvgIpc) is 2.95. The number of nitrogens with zero attached hydrogens (tertiary/aromatic N) is 2. The summed E-state index contributed by atoms with van der Waals surface area (Å²) in [5.41, 5.74) is 6.96. The second kappa shape index (κ2) is 4.51. The van der Waals surface area contributed by atoms with E-state index in [4.69, 9.17) is 10.2 Å². The van der Waals surface area contributed by atoms with Crippen molar-refractivity contribution in [3.8, 4) is 0 Å². The molecular weight excluding hydrogens is 248 g/mol. The van der Waals surface area contributed by atoms with Gasteiger partial charge in [-0.2, -0.15) is 4.98 Å². The molecule has 3 rings (SSSR count). The summed E-state index contributed by atoms with van der Waals surface area (Å²) in [5.74, 6) is 0. The maximum absolute atomic E-state index is 10.7. The van der Waals surface area contributed by atoms with Gasteiger partial charge in [0.2, 0.25) is 0 Å². The van der Waals surface area contributed by atoms with Gasteiger partial charge in [-0.1, -0.05) is 0 Å². The number of nitro groups is 1. The first-order valence-electron chi connectivity index (χ1n) is 6.20. The zero-order chi connectivity index (χ0) is 13.4. The van der Waals surface area contributed by atoms with Crippen molar-refractivity contribution in [1.29, 1.82) is 0 Å². The Hall–Kier alpha value is -2.15. The van der Waals surface area contributed by atoms with E-state index in [9.17, 15) is 10.1 Å². The zero-order valence-electron chi connectivity index (χ0n) is 10.2. The van der Waals surface area contributed by atoms with Crippen LogP contribution in [-0.2, 0) is 0 Å². The molecule has 2 unspecified atom stereocenters. The van der Waals surface area contributed by atoms with Crippen LogP contribution in [0.3, 0.4) is 0 Å². The Morgan fingerprint density at radius 2 is 2.32 bits per heavy atom. The van der Waals surface area contributed by atoms with E-state index in [0.29, 0.717) is 17.1 Å². The van der Waals surface area contributed by atoms with Gasteiger partial charge in [-0.25, -0.2) is 0 Å². The number of aromatic nitrogens is 1. The van der Waals surface area contributed by atoms with Gasteiger partial charge < -0.3 is 15.5 Å². The van der Waals surface area contributed by atoms with Crippen LogP contribution in [0.1, 0.15) is 19.3 Å². The molecule has 0 amide bonds. The molecule has 1 aromatic carbocycles. The van der Waals surface area contributed by atoms with Gasteiger partial charge in [0.25, 0.3) is 11.7 Å². The monoisotopic (exact) mass is 262 g/mol. The number of oxazole rings is 1. The Bertz CT molecular complexity index is 624. The molecule has 1 aromatic heterocycles. The summed E-state index contributed by atoms with van der Waals surface area (Å²) in [6.45, 7) is 0. The summed E-state index contributed by atoms with van der Waals surface area (Å²) in [5, 5.41) is 13.8. The highest BCUT2D eigenvalue weighted by atomic mass is 16.6. The van der Waals surface area contributed by atoms with Gasteiger partial charge in [-0.3, -0.25) is 10.1 Å². The largest absolute Gasteiger partial charge is 0.423 e. The molecule has 0 aliphatic heterocycles. The van der Waals surface area contributed by atoms with Gasteiger partial charge in [0, 0.05) is 18.2 Å². The molecular formula is C12H14N4O3. The lowest BCUT2D eigenvalue weighted by Crippen LogP contribution is -2.35. The van der Waals surface area contributed by atoms with E-state index in [1.54, 1.807) is 6.07 Å². The quantitative estimate of drug-likeness (QED) is 0.647. The van der Waals surface area contributed by atoms with Crippen molar-refractivity contribution in [1.82, 2.24) is 4.98 Å². The number of non-ortho nitro benzene ring substituents is 1. The van der Waals surface area contributed by atoms with E-state index in [0.717, 1.165) is 19.3 Å². The molecule has 100 valence electrons. The number of nitrogens with two attached hydrogens (primary N) is 1. The van der Waals surface area contributed by atoms with E-state index in [2.05, 4.69) is 10.3 Å². The van der Waals surface area contributed by atoms with Crippen molar-refractivity contribution in [3.63, 3.8) is 0 Å². The Balaban J connectivity index is 1.87. The Labute approximate surface area is 108 Å². The molecule has 7 nitrogen and oxygen atoms in total. The zero-order valence-corrected chi connectivity index (χ0v) is 10.2. The van der Waals surface area contributed by atoms with Crippen molar-refractivity contribution in [2.75, 3.05) is 5.32 Å². The van der Waals surface area contributed by atoms with Crippen LogP contribution in [-0.4, -0.2) is 22.0 Å². The standard InChI is InChI=1S/C12H14N4O3/c13-8-2-1-3-9(8)14-12-15-10-5-4-7(16(17)18)6-11(10)19-12/h4-6,8-9H,1-3,13H2,(H,14,15). The van der Waals surface area contributed by atoms with Crippen LogP contribution in [0.4, 0.5) is 11.7 Å². The van der Waals surface area contributed by atoms with Crippen molar-refractivity contribution >= 4 is 22.8 Å². The predicted octanol–water partition coefficient (Wildman–Crippen LogP) is 2.03. The lowest BCUT2D eigenvalue weighted by Gasteiger charge is -2.14. The SMILES string of the molecule is NC1CCCC1Nc1nc2ccc([N+](=O)[O-])cc2o1. The fourth-order valence-corrected chi connectivity index (χ4v) is 2.42. The number of nitrogens with one attached hydrogen (secondary N) is 1. The van der Waals surface area contributed by atoms with Crippen LogP contribution < -0.4 is 11.1 Å². The second-order valence-corrected chi connectivity index (χ2v) is 4.77. The summed E-state index contributed by atoms with van der Waals surface area (Å²) in [7, 11) is 0. The number of anilines is 1. The molecule has 1 aliphatic rings. The molecule has 0 bridgehead atoms. The predicted molar refractivity (Wildman–Crippen MR) is 69.9 cm³/mol. The fraction of sp³-hybridized carbons (Fsp3) is 0.417. The van der Waals surface area contributed by atoms with Crippen molar-refractivity contribution in [3.05, 3.63) is 28.3 Å². The number of hydrogen-bond acceptors (Lipinski definition) is 6. The third kappa shape index (κ3) is 2.24. The molecule has 1 saturated carbocycles. The highest BCUT2D eigenvalue weighted by Gasteiger charge is 2.25. The average molecular weight is 262 g/mol. The van der Waals surface area contributed by atoms with Gasteiger partial charge in [0.1, 0.15) is 5.52 Å². The van der Waals surface area contributed by atoms with Gasteiger partial charge >= 0.3 is 0 Å². The topological polar surface area (TPSA) is 107 Å². The summed E-state index contributed by atoms with van der Waals surface area (Å²) >= 11 is 0. The molecule has 19 heavy (non-hydrogen) atoms. The Morgan fingerprint density at radius 3 is 3.00 bits per heavy atom. The first-order chi connectivity index (χ1) is 9.13. The number of rotatable bonds is 3. The van der Waals surface area contributed by atoms with Gasteiger partial charge in [0.15, 0.2) is 5.58 Å². The van der Waals surface area contributed by atoms with Crippen LogP contribution in [0.5, 0.6) is 0 Å². The summed E-state index contributed by atoms with van der Waals surface area (Å²) in [4.78, 5) is 14.5. The minimum absolute atomic E-state index is 0.00670. The van der Waals surface area contributed by atoms with E-state index >= 15 is 0 Å². The van der Waals surface area contributed by atoms with Crippen LogP contribution in [0.2, 0.25) is 0 Å². The van der Waals surface area contributed by atoms with E-state index in [-0.39, 0.29) is 17.8 Å². The van der Waals surface area contributed by atoms with E-state index < -0.39 is 4.92 Å². The molecule has 3 N–H and O–H groups in total. The number of benzene rings is 1. The second-order valence-electron chi connectivity index (χ2n) is 4.77. The van der Waals surface area contributed by atoms with Crippen LogP contribution >= 0.6 is 0 Å². The fourth-order valence-electron chi connectivity index (χ4n) is 2.42. The van der Waals surface area contributed by atoms with Crippen molar-refractivity contribution in [2.45, 2.75) is 31.3 Å². The maximum atomic E-state index is 10.7. The molecule has 1 heterocycles. The maximum Gasteiger partial charge on any atom is 0.295 e. The molecule has 0 saturated heterocycles. The normalized spacial score (nSPS) is 22.8. The van der Waals surface area contributed by atoms with Gasteiger partial charge in [-0.05, 0) is 25.3 Å². The van der Waals surface area contributed by atoms with Gasteiger partial charge in [0.05, 0.1) is 11.0 Å². The molecule has 2 aromatic rings. The summed E-state index contributed by atoms with van der Waals surface area (Å²) in [6, 6.07) is 5.00. The molecule has 0 spiro atoms.